The Morgan fingerprint density at radius 2 is 1.08 bits per heavy atom. The fourth-order valence-electron chi connectivity index (χ4n) is 2.65. The van der Waals surface area contributed by atoms with Crippen molar-refractivity contribution in [1.82, 2.24) is 19.8 Å². The maximum atomic E-state index is 6.20. The zero-order valence-electron chi connectivity index (χ0n) is 12.9. The third-order valence-corrected chi connectivity index (χ3v) is 5.05. The Balaban J connectivity index is 1.54. The van der Waals surface area contributed by atoms with Gasteiger partial charge in [0.15, 0.2) is 0 Å². The van der Waals surface area contributed by atoms with Crippen LogP contribution in [0.4, 0.5) is 0 Å². The first kappa shape index (κ1) is 18.2. The van der Waals surface area contributed by atoms with E-state index < -0.39 is 0 Å². The molecule has 3 heterocycles. The van der Waals surface area contributed by atoms with Crippen molar-refractivity contribution in [2.24, 2.45) is 0 Å². The van der Waals surface area contributed by atoms with E-state index in [1.165, 1.54) is 0 Å². The second-order valence-electron chi connectivity index (χ2n) is 5.72. The highest BCUT2D eigenvalue weighted by Gasteiger charge is 2.19. The molecule has 0 radical (unpaired) electrons. The van der Waals surface area contributed by atoms with Gasteiger partial charge in [-0.15, -0.1) is 0 Å². The Hall–Kier alpha value is -0.620. The van der Waals surface area contributed by atoms with E-state index in [1.807, 2.05) is 0 Å². The largest absolute Gasteiger partial charge is 0.295 e. The predicted octanol–water partition coefficient (Wildman–Crippen LogP) is 4.41. The zero-order chi connectivity index (χ0) is 17.1. The van der Waals surface area contributed by atoms with Crippen LogP contribution in [0.1, 0.15) is 11.4 Å². The highest BCUT2D eigenvalue weighted by Crippen LogP contribution is 2.22. The molecule has 1 aliphatic heterocycles. The molecule has 0 bridgehead atoms. The molecule has 0 aliphatic carbocycles. The molecule has 1 saturated heterocycles. The Bertz CT molecular complexity index is 656. The van der Waals surface area contributed by atoms with Crippen LogP contribution in [-0.4, -0.2) is 45.9 Å². The van der Waals surface area contributed by atoms with Crippen molar-refractivity contribution in [3.05, 3.63) is 56.0 Å². The minimum absolute atomic E-state index is 0.556. The van der Waals surface area contributed by atoms with E-state index in [0.29, 0.717) is 20.1 Å². The summed E-state index contributed by atoms with van der Waals surface area (Å²) >= 11 is 24.2. The Morgan fingerprint density at radius 1 is 0.708 bits per heavy atom. The highest BCUT2D eigenvalue weighted by molar-refractivity contribution is 6.35. The molecular weight excluding hydrogens is 390 g/mol. The molecule has 2 aromatic heterocycles. The number of hydrogen-bond donors (Lipinski definition) is 0. The Morgan fingerprint density at radius 3 is 1.42 bits per heavy atom. The van der Waals surface area contributed by atoms with Crippen LogP contribution in [0.2, 0.25) is 20.1 Å². The van der Waals surface area contributed by atoms with E-state index >= 15 is 0 Å². The lowest BCUT2D eigenvalue weighted by atomic mass is 10.2. The fourth-order valence-corrected chi connectivity index (χ4v) is 3.53. The second-order valence-corrected chi connectivity index (χ2v) is 7.40. The summed E-state index contributed by atoms with van der Waals surface area (Å²) < 4.78 is 0. The molecule has 0 aromatic carbocycles. The number of rotatable bonds is 4. The van der Waals surface area contributed by atoms with Gasteiger partial charge in [-0.2, -0.15) is 0 Å². The lowest BCUT2D eigenvalue weighted by Gasteiger charge is -2.34. The molecule has 0 saturated carbocycles. The molecule has 0 N–H and O–H groups in total. The van der Waals surface area contributed by atoms with Gasteiger partial charge >= 0.3 is 0 Å². The van der Waals surface area contributed by atoms with Crippen molar-refractivity contribution in [2.45, 2.75) is 13.1 Å². The Labute approximate surface area is 161 Å². The van der Waals surface area contributed by atoms with Crippen LogP contribution in [0.25, 0.3) is 0 Å². The number of aromatic nitrogens is 2. The third kappa shape index (κ3) is 4.72. The van der Waals surface area contributed by atoms with Crippen molar-refractivity contribution in [3.63, 3.8) is 0 Å². The third-order valence-electron chi connectivity index (χ3n) is 3.98. The number of hydrogen-bond acceptors (Lipinski definition) is 4. The summed E-state index contributed by atoms with van der Waals surface area (Å²) in [6, 6.07) is 3.46. The van der Waals surface area contributed by atoms with Gasteiger partial charge in [0.2, 0.25) is 0 Å². The van der Waals surface area contributed by atoms with Crippen molar-refractivity contribution < 1.29 is 0 Å². The van der Waals surface area contributed by atoms with Crippen LogP contribution in [0.5, 0.6) is 0 Å². The van der Waals surface area contributed by atoms with E-state index in [2.05, 4.69) is 19.8 Å². The fraction of sp³-hybridized carbons (Fsp3) is 0.375. The van der Waals surface area contributed by atoms with Gasteiger partial charge in [-0.3, -0.25) is 19.8 Å². The number of piperazine rings is 1. The normalized spacial score (nSPS) is 16.5. The average Bonchev–Trinajstić information content (AvgIpc) is 2.54. The van der Waals surface area contributed by atoms with Crippen molar-refractivity contribution in [3.8, 4) is 0 Å². The van der Waals surface area contributed by atoms with E-state index in [1.54, 1.807) is 24.5 Å². The van der Waals surface area contributed by atoms with Crippen LogP contribution in [0.15, 0.2) is 24.5 Å². The Kier molecular flexibility index (Phi) is 6.19. The van der Waals surface area contributed by atoms with Crippen LogP contribution >= 0.6 is 46.4 Å². The van der Waals surface area contributed by atoms with Gasteiger partial charge in [-0.1, -0.05) is 46.4 Å². The van der Waals surface area contributed by atoms with Gasteiger partial charge in [0, 0.05) is 51.7 Å². The van der Waals surface area contributed by atoms with Crippen LogP contribution < -0.4 is 0 Å². The average molecular weight is 406 g/mol. The lowest BCUT2D eigenvalue weighted by molar-refractivity contribution is 0.120. The number of halogens is 4. The maximum absolute atomic E-state index is 6.20. The van der Waals surface area contributed by atoms with Crippen molar-refractivity contribution in [2.75, 3.05) is 26.2 Å². The smallest absolute Gasteiger partial charge is 0.0730 e. The van der Waals surface area contributed by atoms with Crippen LogP contribution in [0.3, 0.4) is 0 Å². The topological polar surface area (TPSA) is 32.3 Å². The van der Waals surface area contributed by atoms with E-state index in [-0.39, 0.29) is 0 Å². The summed E-state index contributed by atoms with van der Waals surface area (Å²) in [6.45, 7) is 5.20. The first-order valence-electron chi connectivity index (χ1n) is 7.56. The summed E-state index contributed by atoms with van der Waals surface area (Å²) in [5, 5.41) is 2.34. The molecule has 4 nitrogen and oxygen atoms in total. The standard InChI is InChI=1S/C16H16Cl4N4/c17-11-5-13(19)15(21-7-11)9-23-1-2-24(4-3-23)10-16-14(20)6-12(18)8-22-16/h5-8H,1-4,9-10H2. The summed E-state index contributed by atoms with van der Waals surface area (Å²) in [7, 11) is 0. The molecular formula is C16H16Cl4N4. The molecule has 128 valence electrons. The molecule has 1 aliphatic rings. The molecule has 0 amide bonds. The monoisotopic (exact) mass is 404 g/mol. The van der Waals surface area contributed by atoms with Crippen LogP contribution in [0, 0.1) is 0 Å². The van der Waals surface area contributed by atoms with E-state index in [9.17, 15) is 0 Å². The minimum atomic E-state index is 0.556. The van der Waals surface area contributed by atoms with E-state index in [4.69, 9.17) is 46.4 Å². The first-order chi connectivity index (χ1) is 11.5. The predicted molar refractivity (Wildman–Crippen MR) is 99.1 cm³/mol. The number of pyridine rings is 2. The molecule has 24 heavy (non-hydrogen) atoms. The molecule has 3 rings (SSSR count). The van der Waals surface area contributed by atoms with Gasteiger partial charge in [0.1, 0.15) is 0 Å². The van der Waals surface area contributed by atoms with Gasteiger partial charge in [-0.05, 0) is 12.1 Å². The SMILES string of the molecule is Clc1cnc(CN2CCN(Cc3ncc(Cl)cc3Cl)CC2)c(Cl)c1. The van der Waals surface area contributed by atoms with Crippen molar-refractivity contribution in [1.29, 1.82) is 0 Å². The summed E-state index contributed by atoms with van der Waals surface area (Å²) in [5.41, 5.74) is 1.72. The zero-order valence-corrected chi connectivity index (χ0v) is 15.9. The highest BCUT2D eigenvalue weighted by atomic mass is 35.5. The minimum Gasteiger partial charge on any atom is -0.295 e. The summed E-state index contributed by atoms with van der Waals surface area (Å²) in [5.74, 6) is 0. The summed E-state index contributed by atoms with van der Waals surface area (Å²) in [4.78, 5) is 13.3. The summed E-state index contributed by atoms with van der Waals surface area (Å²) in [6.07, 6.45) is 3.26. The maximum Gasteiger partial charge on any atom is 0.0730 e. The molecule has 0 spiro atoms. The molecule has 8 heteroatoms. The first-order valence-corrected chi connectivity index (χ1v) is 9.07. The number of nitrogens with zero attached hydrogens (tertiary/aromatic N) is 4. The van der Waals surface area contributed by atoms with Gasteiger partial charge < -0.3 is 0 Å². The van der Waals surface area contributed by atoms with E-state index in [0.717, 1.165) is 50.7 Å². The van der Waals surface area contributed by atoms with Gasteiger partial charge in [0.25, 0.3) is 0 Å². The molecule has 0 atom stereocenters. The van der Waals surface area contributed by atoms with Gasteiger partial charge in [-0.25, -0.2) is 0 Å². The quantitative estimate of drug-likeness (QED) is 0.754. The second kappa shape index (κ2) is 8.17. The van der Waals surface area contributed by atoms with Crippen molar-refractivity contribution >= 4 is 46.4 Å². The van der Waals surface area contributed by atoms with Gasteiger partial charge in [0.05, 0.1) is 31.5 Å². The molecule has 2 aromatic rings. The molecule has 1 fully saturated rings. The molecule has 0 unspecified atom stereocenters. The lowest BCUT2D eigenvalue weighted by Crippen LogP contribution is -2.45. The van der Waals surface area contributed by atoms with Crippen LogP contribution in [-0.2, 0) is 13.1 Å².